The van der Waals surface area contributed by atoms with Crippen molar-refractivity contribution in [3.05, 3.63) is 42.4 Å². The molecular weight excluding hydrogens is 422 g/mol. The van der Waals surface area contributed by atoms with Crippen molar-refractivity contribution in [2.24, 2.45) is 5.92 Å². The summed E-state index contributed by atoms with van der Waals surface area (Å²) in [6, 6.07) is 4.91. The number of urea groups is 1. The normalized spacial score (nSPS) is 19.1. The third kappa shape index (κ3) is 5.78. The largest absolute Gasteiger partial charge is 0.472 e. The maximum atomic E-state index is 13.5. The molecule has 0 aromatic carbocycles. The summed E-state index contributed by atoms with van der Waals surface area (Å²) in [6.45, 7) is 6.94. The second-order valence-electron chi connectivity index (χ2n) is 8.55. The van der Waals surface area contributed by atoms with Gasteiger partial charge in [0.1, 0.15) is 11.7 Å². The lowest BCUT2D eigenvalue weighted by Crippen LogP contribution is -2.51. The van der Waals surface area contributed by atoms with Gasteiger partial charge in [0.2, 0.25) is 5.88 Å². The Bertz CT molecular complexity index is 955. The first kappa shape index (κ1) is 24.4. The molecule has 3 rings (SSSR count). The molecule has 178 valence electrons. The number of likely N-dealkylation sites (N-methyl/N-ethyl adjacent to an activating group) is 1. The molecule has 3 heterocycles. The Balaban J connectivity index is 1.96. The zero-order valence-electron chi connectivity index (χ0n) is 19.7. The molecule has 0 saturated carbocycles. The molecule has 1 aliphatic heterocycles. The molecule has 9 nitrogen and oxygen atoms in total. The van der Waals surface area contributed by atoms with E-state index in [0.717, 1.165) is 17.5 Å². The van der Waals surface area contributed by atoms with Gasteiger partial charge in [0.15, 0.2) is 0 Å². The highest BCUT2D eigenvalue weighted by Crippen LogP contribution is 2.30. The summed E-state index contributed by atoms with van der Waals surface area (Å²) in [6.07, 6.45) is 5.50. The molecule has 0 radical (unpaired) electrons. The lowest BCUT2D eigenvalue weighted by Gasteiger charge is -2.37. The summed E-state index contributed by atoms with van der Waals surface area (Å²) in [5, 5.41) is 12.7. The van der Waals surface area contributed by atoms with Crippen molar-refractivity contribution in [2.45, 2.75) is 39.3 Å². The molecule has 0 aliphatic carbocycles. The van der Waals surface area contributed by atoms with Crippen molar-refractivity contribution < 1.29 is 19.4 Å². The molecule has 2 aromatic rings. The Hall–Kier alpha value is -3.20. The van der Waals surface area contributed by atoms with Gasteiger partial charge in [-0.3, -0.25) is 9.78 Å². The monoisotopic (exact) mass is 455 g/mol. The molecule has 0 spiro atoms. The summed E-state index contributed by atoms with van der Waals surface area (Å²) in [5.41, 5.74) is 1.99. The number of nitrogens with zero attached hydrogens (tertiary/aromatic N) is 4. The number of ether oxygens (including phenoxy) is 1. The van der Waals surface area contributed by atoms with Gasteiger partial charge in [-0.2, -0.15) is 0 Å². The van der Waals surface area contributed by atoms with Crippen molar-refractivity contribution in [3.63, 3.8) is 0 Å². The molecule has 0 saturated heterocycles. The average molecular weight is 456 g/mol. The van der Waals surface area contributed by atoms with E-state index in [2.05, 4.69) is 15.3 Å². The number of pyridine rings is 2. The van der Waals surface area contributed by atoms with E-state index in [-0.39, 0.29) is 42.5 Å². The van der Waals surface area contributed by atoms with Crippen LogP contribution in [-0.4, -0.2) is 82.2 Å². The highest BCUT2D eigenvalue weighted by atomic mass is 16.5. The highest BCUT2D eigenvalue weighted by Gasteiger charge is 2.34. The summed E-state index contributed by atoms with van der Waals surface area (Å²) < 4.78 is 6.24. The molecule has 3 amide bonds. The summed E-state index contributed by atoms with van der Waals surface area (Å²) in [4.78, 5) is 37.6. The van der Waals surface area contributed by atoms with Gasteiger partial charge in [-0.05, 0) is 37.1 Å². The Morgan fingerprint density at radius 1 is 1.36 bits per heavy atom. The fourth-order valence-electron chi connectivity index (χ4n) is 3.74. The predicted molar refractivity (Wildman–Crippen MR) is 125 cm³/mol. The number of hydrogen-bond donors (Lipinski definition) is 2. The van der Waals surface area contributed by atoms with E-state index in [9.17, 15) is 14.7 Å². The number of rotatable bonds is 7. The first-order valence-corrected chi connectivity index (χ1v) is 11.3. The van der Waals surface area contributed by atoms with E-state index in [0.29, 0.717) is 25.2 Å². The molecule has 1 aliphatic rings. The first-order chi connectivity index (χ1) is 15.8. The summed E-state index contributed by atoms with van der Waals surface area (Å²) >= 11 is 0. The molecule has 2 N–H and O–H groups in total. The summed E-state index contributed by atoms with van der Waals surface area (Å²) in [7, 11) is 1.72. The van der Waals surface area contributed by atoms with Gasteiger partial charge >= 0.3 is 6.03 Å². The number of nitrogens with one attached hydrogen (secondary N) is 1. The van der Waals surface area contributed by atoms with Crippen LogP contribution in [0.1, 0.15) is 37.6 Å². The lowest BCUT2D eigenvalue weighted by molar-refractivity contribution is 0.0352. The van der Waals surface area contributed by atoms with Gasteiger partial charge in [-0.25, -0.2) is 9.78 Å². The molecule has 2 aromatic heterocycles. The zero-order valence-corrected chi connectivity index (χ0v) is 19.7. The van der Waals surface area contributed by atoms with E-state index in [1.54, 1.807) is 41.5 Å². The number of aliphatic hydroxyl groups excluding tert-OH is 1. The van der Waals surface area contributed by atoms with Crippen LogP contribution in [0.2, 0.25) is 0 Å². The van der Waals surface area contributed by atoms with Crippen LogP contribution in [0.5, 0.6) is 5.88 Å². The number of fused-ring (bicyclic) bond motifs is 1. The standard InChI is InChI=1S/C24H33N5O4/c1-5-8-26-24(32)28(4)14-21-16(2)13-29(17(3)15-30)23(31)20-11-19(12-27-22(20)33-21)18-6-9-25-10-7-18/h6-7,9-12,16-17,21,30H,5,8,13-15H2,1-4H3,(H,26,32)/t16-,17-,21+/m1/s1. The van der Waals surface area contributed by atoms with Gasteiger partial charge in [-0.1, -0.05) is 13.8 Å². The third-order valence-electron chi connectivity index (χ3n) is 5.86. The first-order valence-electron chi connectivity index (χ1n) is 11.3. The molecule has 33 heavy (non-hydrogen) atoms. The van der Waals surface area contributed by atoms with Gasteiger partial charge in [-0.15, -0.1) is 0 Å². The fourth-order valence-corrected chi connectivity index (χ4v) is 3.74. The highest BCUT2D eigenvalue weighted by molar-refractivity contribution is 5.98. The Kier molecular flexibility index (Phi) is 8.21. The number of aromatic nitrogens is 2. The van der Waals surface area contributed by atoms with Gasteiger partial charge in [0, 0.05) is 50.2 Å². The predicted octanol–water partition coefficient (Wildman–Crippen LogP) is 2.42. The van der Waals surface area contributed by atoms with E-state index in [4.69, 9.17) is 4.74 Å². The fraction of sp³-hybridized carbons (Fsp3) is 0.500. The minimum atomic E-state index is -0.387. The van der Waals surface area contributed by atoms with Gasteiger partial charge < -0.3 is 25.0 Å². The SMILES string of the molecule is CCCNC(=O)N(C)C[C@@H]1Oc2ncc(-c3ccncc3)cc2C(=O)N([C@H](C)CO)C[C@H]1C. The summed E-state index contributed by atoms with van der Waals surface area (Å²) in [5.74, 6) is -0.111. The van der Waals surface area contributed by atoms with Crippen LogP contribution in [-0.2, 0) is 0 Å². The maximum absolute atomic E-state index is 13.5. The molecule has 0 unspecified atom stereocenters. The van der Waals surface area contributed by atoms with Crippen LogP contribution in [0.25, 0.3) is 11.1 Å². The molecule has 0 bridgehead atoms. The van der Waals surface area contributed by atoms with Crippen molar-refractivity contribution in [3.8, 4) is 17.0 Å². The molecule has 0 fully saturated rings. The second kappa shape index (κ2) is 11.1. The Morgan fingerprint density at radius 2 is 2.09 bits per heavy atom. The van der Waals surface area contributed by atoms with E-state index in [1.807, 2.05) is 32.9 Å². The average Bonchev–Trinajstić information content (AvgIpc) is 2.84. The van der Waals surface area contributed by atoms with Crippen molar-refractivity contribution >= 4 is 11.9 Å². The smallest absolute Gasteiger partial charge is 0.317 e. The van der Waals surface area contributed by atoms with Crippen molar-refractivity contribution in [2.75, 3.05) is 33.3 Å². The minimum Gasteiger partial charge on any atom is -0.472 e. The van der Waals surface area contributed by atoms with Crippen LogP contribution >= 0.6 is 0 Å². The van der Waals surface area contributed by atoms with Crippen LogP contribution in [0.3, 0.4) is 0 Å². The molecule has 9 heteroatoms. The van der Waals surface area contributed by atoms with Crippen molar-refractivity contribution in [1.82, 2.24) is 25.1 Å². The number of amides is 3. The van der Waals surface area contributed by atoms with E-state index in [1.165, 1.54) is 0 Å². The Labute approximate surface area is 194 Å². The number of hydrogen-bond acceptors (Lipinski definition) is 6. The van der Waals surface area contributed by atoms with E-state index >= 15 is 0 Å². The number of carbonyl (C=O) groups excluding carboxylic acids is 2. The van der Waals surface area contributed by atoms with Crippen LogP contribution in [0.4, 0.5) is 4.79 Å². The molecular formula is C24H33N5O4. The van der Waals surface area contributed by atoms with Crippen LogP contribution in [0, 0.1) is 5.92 Å². The van der Waals surface area contributed by atoms with Crippen molar-refractivity contribution in [1.29, 1.82) is 0 Å². The van der Waals surface area contributed by atoms with Gasteiger partial charge in [0.25, 0.3) is 5.91 Å². The number of aliphatic hydroxyl groups is 1. The lowest BCUT2D eigenvalue weighted by atomic mass is 9.99. The second-order valence-corrected chi connectivity index (χ2v) is 8.55. The maximum Gasteiger partial charge on any atom is 0.317 e. The topological polar surface area (TPSA) is 108 Å². The quantitative estimate of drug-likeness (QED) is 0.664. The van der Waals surface area contributed by atoms with E-state index < -0.39 is 0 Å². The van der Waals surface area contributed by atoms with Gasteiger partial charge in [0.05, 0.1) is 19.2 Å². The van der Waals surface area contributed by atoms with Crippen LogP contribution in [0.15, 0.2) is 36.8 Å². The molecule has 3 atom stereocenters. The van der Waals surface area contributed by atoms with Crippen LogP contribution < -0.4 is 10.1 Å². The Morgan fingerprint density at radius 3 is 2.76 bits per heavy atom. The number of carbonyl (C=O) groups is 2. The zero-order chi connectivity index (χ0) is 24.0. The third-order valence-corrected chi connectivity index (χ3v) is 5.86. The minimum absolute atomic E-state index is 0.0980.